The van der Waals surface area contributed by atoms with Crippen LogP contribution in [0.25, 0.3) is 5.57 Å². The second-order valence-electron chi connectivity index (χ2n) is 7.53. The van der Waals surface area contributed by atoms with E-state index in [2.05, 4.69) is 56.3 Å². The van der Waals surface area contributed by atoms with Gasteiger partial charge in [-0.3, -0.25) is 0 Å². The lowest BCUT2D eigenvalue weighted by Gasteiger charge is -2.15. The molecule has 0 spiro atoms. The van der Waals surface area contributed by atoms with Crippen molar-refractivity contribution in [2.75, 3.05) is 0 Å². The molecule has 0 aliphatic heterocycles. The lowest BCUT2D eigenvalue weighted by Crippen LogP contribution is -2.15. The first kappa shape index (κ1) is 21.1. The number of benzene rings is 2. The minimum Gasteiger partial charge on any atom is -0.423 e. The topological polar surface area (TPSA) is 26.3 Å². The van der Waals surface area contributed by atoms with Gasteiger partial charge in [0.05, 0.1) is 0 Å². The molecule has 0 amide bonds. The van der Waals surface area contributed by atoms with Gasteiger partial charge in [0.1, 0.15) is 5.75 Å². The predicted octanol–water partition coefficient (Wildman–Crippen LogP) is 7.18. The van der Waals surface area contributed by atoms with E-state index >= 15 is 0 Å². The first-order valence-electron chi connectivity index (χ1n) is 11.0. The number of hydrogen-bond donors (Lipinski definition) is 0. The number of esters is 1. The summed E-state index contributed by atoms with van der Waals surface area (Å²) in [5.74, 6) is 1.76. The summed E-state index contributed by atoms with van der Waals surface area (Å²) in [7, 11) is 0. The molecule has 1 fully saturated rings. The molecule has 2 heteroatoms. The third kappa shape index (κ3) is 4.70. The normalized spacial score (nSPS) is 19.3. The van der Waals surface area contributed by atoms with Gasteiger partial charge in [0.25, 0.3) is 0 Å². The molecule has 0 heterocycles. The molecular weight excluding hydrogens is 356 g/mol. The van der Waals surface area contributed by atoms with E-state index < -0.39 is 0 Å². The van der Waals surface area contributed by atoms with Crippen LogP contribution in [-0.4, -0.2) is 5.97 Å². The van der Waals surface area contributed by atoms with Crippen molar-refractivity contribution in [2.45, 2.75) is 52.9 Å². The molecule has 0 N–H and O–H groups in total. The van der Waals surface area contributed by atoms with Crippen LogP contribution in [0.5, 0.6) is 5.75 Å². The van der Waals surface area contributed by atoms with E-state index in [9.17, 15) is 4.79 Å². The summed E-state index contributed by atoms with van der Waals surface area (Å²) in [6.45, 7) is 8.42. The first-order chi connectivity index (χ1) is 14.2. The largest absolute Gasteiger partial charge is 0.423 e. The van der Waals surface area contributed by atoms with Gasteiger partial charge >= 0.3 is 5.97 Å². The molecule has 0 bridgehead atoms. The highest BCUT2D eigenvalue weighted by Crippen LogP contribution is 2.54. The van der Waals surface area contributed by atoms with E-state index in [1.807, 2.05) is 38.1 Å². The molecule has 2 unspecified atom stereocenters. The maximum absolute atomic E-state index is 12.7. The Kier molecular flexibility index (Phi) is 7.09. The SMILES string of the molecule is CC.CCC(CC)c1ccc(OC(=O)C2=CC=C(c3ccccc3)C3CC23)cc1. The van der Waals surface area contributed by atoms with Gasteiger partial charge in [-0.2, -0.15) is 0 Å². The van der Waals surface area contributed by atoms with Crippen LogP contribution >= 0.6 is 0 Å². The standard InChI is InChI=1S/C25H26O2.C2H6/c1-3-17(4-2)18-10-12-20(13-11-18)27-25(26)22-15-14-21(23-16-24(22)23)19-8-6-5-7-9-19;1-2/h5-15,17,23-24H,3-4,16H2,1-2H3;1-2H3. The summed E-state index contributed by atoms with van der Waals surface area (Å²) in [5, 5.41) is 0. The number of ether oxygens (including phenoxy) is 1. The van der Waals surface area contributed by atoms with Gasteiger partial charge in [-0.05, 0) is 65.8 Å². The lowest BCUT2D eigenvalue weighted by molar-refractivity contribution is -0.130. The van der Waals surface area contributed by atoms with Crippen LogP contribution in [0.15, 0.2) is 72.3 Å². The van der Waals surface area contributed by atoms with Crippen molar-refractivity contribution in [3.8, 4) is 5.75 Å². The molecule has 2 aromatic carbocycles. The number of carbonyl (C=O) groups excluding carboxylic acids is 1. The van der Waals surface area contributed by atoms with E-state index in [4.69, 9.17) is 4.74 Å². The fraction of sp³-hybridized carbons (Fsp3) is 0.370. The average molecular weight is 389 g/mol. The molecular formula is C27H32O2. The van der Waals surface area contributed by atoms with Crippen LogP contribution in [0.3, 0.4) is 0 Å². The summed E-state index contributed by atoms with van der Waals surface area (Å²) in [5.41, 5.74) is 4.72. The van der Waals surface area contributed by atoms with Gasteiger partial charge in [-0.15, -0.1) is 0 Å². The van der Waals surface area contributed by atoms with Crippen molar-refractivity contribution in [2.24, 2.45) is 11.8 Å². The average Bonchev–Trinajstić information content (AvgIpc) is 3.58. The maximum atomic E-state index is 12.7. The quantitative estimate of drug-likeness (QED) is 0.387. The van der Waals surface area contributed by atoms with Crippen molar-refractivity contribution in [1.29, 1.82) is 0 Å². The monoisotopic (exact) mass is 388 g/mol. The highest BCUT2D eigenvalue weighted by Gasteiger charge is 2.46. The fourth-order valence-corrected chi connectivity index (χ4v) is 4.20. The van der Waals surface area contributed by atoms with E-state index in [0.717, 1.165) is 24.8 Å². The van der Waals surface area contributed by atoms with E-state index in [-0.39, 0.29) is 5.97 Å². The number of carbonyl (C=O) groups is 1. The molecule has 2 aliphatic carbocycles. The van der Waals surface area contributed by atoms with Crippen LogP contribution in [0, 0.1) is 11.8 Å². The maximum Gasteiger partial charge on any atom is 0.339 e. The Morgan fingerprint density at radius 3 is 2.21 bits per heavy atom. The van der Waals surface area contributed by atoms with Crippen molar-refractivity contribution in [3.63, 3.8) is 0 Å². The zero-order chi connectivity index (χ0) is 20.8. The summed E-state index contributed by atoms with van der Waals surface area (Å²) in [6, 6.07) is 18.4. The summed E-state index contributed by atoms with van der Waals surface area (Å²) >= 11 is 0. The molecule has 1 saturated carbocycles. The van der Waals surface area contributed by atoms with Gasteiger partial charge in [0.2, 0.25) is 0 Å². The molecule has 0 aromatic heterocycles. The fourth-order valence-electron chi connectivity index (χ4n) is 4.20. The highest BCUT2D eigenvalue weighted by atomic mass is 16.5. The molecule has 0 saturated heterocycles. The van der Waals surface area contributed by atoms with Crippen LogP contribution in [0.1, 0.15) is 64.0 Å². The molecule has 2 aromatic rings. The molecule has 4 rings (SSSR count). The van der Waals surface area contributed by atoms with Crippen molar-refractivity contribution in [1.82, 2.24) is 0 Å². The third-order valence-corrected chi connectivity index (χ3v) is 5.92. The highest BCUT2D eigenvalue weighted by molar-refractivity contribution is 5.94. The smallest absolute Gasteiger partial charge is 0.339 e. The van der Waals surface area contributed by atoms with Gasteiger partial charge in [-0.25, -0.2) is 4.79 Å². The number of rotatable bonds is 6. The Bertz CT molecular complexity index is 871. The van der Waals surface area contributed by atoms with Gasteiger partial charge in [0, 0.05) is 5.57 Å². The third-order valence-electron chi connectivity index (χ3n) is 5.92. The van der Waals surface area contributed by atoms with Gasteiger partial charge < -0.3 is 4.74 Å². The minimum absolute atomic E-state index is 0.207. The summed E-state index contributed by atoms with van der Waals surface area (Å²) < 4.78 is 5.66. The molecule has 2 nitrogen and oxygen atoms in total. The number of fused-ring (bicyclic) bond motifs is 1. The van der Waals surface area contributed by atoms with Crippen molar-refractivity contribution >= 4 is 11.5 Å². The van der Waals surface area contributed by atoms with Crippen LogP contribution < -0.4 is 4.74 Å². The second kappa shape index (κ2) is 9.73. The van der Waals surface area contributed by atoms with Crippen molar-refractivity contribution < 1.29 is 9.53 Å². The number of allylic oxidation sites excluding steroid dienone is 3. The lowest BCUT2D eigenvalue weighted by atomic mass is 9.93. The second-order valence-corrected chi connectivity index (χ2v) is 7.53. The Balaban J connectivity index is 0.00000117. The molecule has 2 aliphatic rings. The Hall–Kier alpha value is -2.61. The first-order valence-corrected chi connectivity index (χ1v) is 11.0. The number of hydrogen-bond acceptors (Lipinski definition) is 2. The minimum atomic E-state index is -0.207. The van der Waals surface area contributed by atoms with E-state index in [1.54, 1.807) is 0 Å². The predicted molar refractivity (Wildman–Crippen MR) is 121 cm³/mol. The molecule has 2 atom stereocenters. The van der Waals surface area contributed by atoms with Crippen LogP contribution in [0.2, 0.25) is 0 Å². The molecule has 29 heavy (non-hydrogen) atoms. The van der Waals surface area contributed by atoms with E-state index in [0.29, 0.717) is 23.5 Å². The zero-order valence-electron chi connectivity index (χ0n) is 18.0. The zero-order valence-corrected chi connectivity index (χ0v) is 18.0. The Morgan fingerprint density at radius 1 is 0.931 bits per heavy atom. The molecule has 152 valence electrons. The summed E-state index contributed by atoms with van der Waals surface area (Å²) in [6.07, 6.45) is 7.34. The van der Waals surface area contributed by atoms with Crippen molar-refractivity contribution in [3.05, 3.63) is 83.4 Å². The Labute approximate surface area is 175 Å². The van der Waals surface area contributed by atoms with Gasteiger partial charge in [-0.1, -0.05) is 82.3 Å². The van der Waals surface area contributed by atoms with Crippen LogP contribution in [0.4, 0.5) is 0 Å². The van der Waals surface area contributed by atoms with Gasteiger partial charge in [0.15, 0.2) is 0 Å². The summed E-state index contributed by atoms with van der Waals surface area (Å²) in [4.78, 5) is 12.7. The Morgan fingerprint density at radius 2 is 1.59 bits per heavy atom. The molecule has 0 radical (unpaired) electrons. The van der Waals surface area contributed by atoms with E-state index in [1.165, 1.54) is 16.7 Å². The van der Waals surface area contributed by atoms with Crippen LogP contribution in [-0.2, 0) is 4.79 Å².